The number of aromatic nitrogens is 1. The van der Waals surface area contributed by atoms with Crippen molar-refractivity contribution in [3.05, 3.63) is 71.9 Å². The van der Waals surface area contributed by atoms with Crippen molar-refractivity contribution in [2.45, 2.75) is 25.7 Å². The van der Waals surface area contributed by atoms with Gasteiger partial charge in [-0.25, -0.2) is 0 Å². The highest BCUT2D eigenvalue weighted by Gasteiger charge is 2.23. The molecule has 6 heteroatoms. The summed E-state index contributed by atoms with van der Waals surface area (Å²) in [5.41, 5.74) is 3.14. The van der Waals surface area contributed by atoms with Crippen LogP contribution in [0.1, 0.15) is 35.2 Å². The van der Waals surface area contributed by atoms with Crippen LogP contribution in [0.2, 0.25) is 0 Å². The lowest BCUT2D eigenvalue weighted by Crippen LogP contribution is -2.38. The molecule has 0 aliphatic carbocycles. The maximum atomic E-state index is 13.3. The minimum atomic E-state index is 0.108. The molecule has 2 aliphatic heterocycles. The second-order valence-electron chi connectivity index (χ2n) is 9.62. The number of benzene rings is 2. The molecule has 2 aromatic carbocycles. The van der Waals surface area contributed by atoms with E-state index >= 15 is 0 Å². The first kappa shape index (κ1) is 23.8. The average molecular weight is 474 g/mol. The van der Waals surface area contributed by atoms with E-state index in [-0.39, 0.29) is 5.91 Å². The molecule has 1 unspecified atom stereocenters. The molecule has 0 saturated carbocycles. The largest absolute Gasteiger partial charge is 0.492 e. The third-order valence-electron chi connectivity index (χ3n) is 7.22. The third kappa shape index (κ3) is 6.19. The number of carbonyl (C=O) groups excluding carboxylic acids is 1. The molecule has 35 heavy (non-hydrogen) atoms. The fourth-order valence-corrected chi connectivity index (χ4v) is 5.23. The number of carbonyl (C=O) groups is 1. The summed E-state index contributed by atoms with van der Waals surface area (Å²) >= 11 is 0. The quantitative estimate of drug-likeness (QED) is 0.508. The number of morpholine rings is 1. The Morgan fingerprint density at radius 1 is 1.00 bits per heavy atom. The zero-order chi connectivity index (χ0) is 23.9. The zero-order valence-electron chi connectivity index (χ0n) is 20.4. The van der Waals surface area contributed by atoms with Crippen LogP contribution in [-0.2, 0) is 11.2 Å². The Bertz CT molecular complexity index is 1120. The number of fused-ring (bicyclic) bond motifs is 1. The Labute approximate surface area is 207 Å². The summed E-state index contributed by atoms with van der Waals surface area (Å²) in [5.74, 6) is 1.44. The molecule has 2 fully saturated rings. The monoisotopic (exact) mass is 473 g/mol. The molecule has 6 nitrogen and oxygen atoms in total. The molecule has 1 aromatic heterocycles. The van der Waals surface area contributed by atoms with E-state index in [1.54, 1.807) is 0 Å². The predicted octanol–water partition coefficient (Wildman–Crippen LogP) is 4.43. The smallest absolute Gasteiger partial charge is 0.253 e. The van der Waals surface area contributed by atoms with Crippen LogP contribution in [0, 0.1) is 5.92 Å². The molecule has 0 N–H and O–H groups in total. The van der Waals surface area contributed by atoms with Gasteiger partial charge in [-0.2, -0.15) is 0 Å². The number of pyridine rings is 1. The average Bonchev–Trinajstić information content (AvgIpc) is 3.15. The van der Waals surface area contributed by atoms with Crippen molar-refractivity contribution < 1.29 is 14.3 Å². The molecule has 1 amide bonds. The minimum absolute atomic E-state index is 0.108. The minimum Gasteiger partial charge on any atom is -0.492 e. The van der Waals surface area contributed by atoms with Crippen LogP contribution in [0.25, 0.3) is 10.9 Å². The molecule has 0 bridgehead atoms. The summed E-state index contributed by atoms with van der Waals surface area (Å²) in [5, 5.41) is 1.20. The van der Waals surface area contributed by atoms with Crippen molar-refractivity contribution in [2.24, 2.45) is 5.92 Å². The van der Waals surface area contributed by atoms with Crippen LogP contribution in [0.5, 0.6) is 5.75 Å². The Balaban J connectivity index is 1.16. The first-order chi connectivity index (χ1) is 17.3. The summed E-state index contributed by atoms with van der Waals surface area (Å²) < 4.78 is 11.4. The van der Waals surface area contributed by atoms with Gasteiger partial charge in [0.1, 0.15) is 12.4 Å². The fraction of sp³-hybridized carbons (Fsp3) is 0.448. The molecule has 184 valence electrons. The van der Waals surface area contributed by atoms with Gasteiger partial charge in [0.25, 0.3) is 5.91 Å². The number of rotatable bonds is 7. The molecule has 2 aliphatic rings. The number of hydrogen-bond donors (Lipinski definition) is 0. The number of ether oxygens (including phenoxy) is 2. The Morgan fingerprint density at radius 3 is 2.77 bits per heavy atom. The van der Waals surface area contributed by atoms with Crippen LogP contribution in [0.4, 0.5) is 0 Å². The summed E-state index contributed by atoms with van der Waals surface area (Å²) in [6.45, 7) is 6.59. The second-order valence-corrected chi connectivity index (χ2v) is 9.62. The van der Waals surface area contributed by atoms with Crippen molar-refractivity contribution in [3.63, 3.8) is 0 Å². The summed E-state index contributed by atoms with van der Waals surface area (Å²) in [6, 6.07) is 18.2. The molecule has 2 saturated heterocycles. The van der Waals surface area contributed by atoms with Crippen molar-refractivity contribution >= 4 is 16.8 Å². The van der Waals surface area contributed by atoms with Crippen molar-refractivity contribution in [1.82, 2.24) is 14.8 Å². The SMILES string of the molecule is O=C(c1cccc(OCCN2CCOCC2)c1)N1CCCC(Cc2cccc3cccnc23)CC1. The van der Waals surface area contributed by atoms with E-state index in [0.717, 1.165) is 82.9 Å². The van der Waals surface area contributed by atoms with Crippen LogP contribution < -0.4 is 4.74 Å². The van der Waals surface area contributed by atoms with E-state index in [1.165, 1.54) is 10.9 Å². The van der Waals surface area contributed by atoms with Gasteiger partial charge in [0.15, 0.2) is 0 Å². The Morgan fingerprint density at radius 2 is 1.86 bits per heavy atom. The van der Waals surface area contributed by atoms with Crippen molar-refractivity contribution in [1.29, 1.82) is 0 Å². The van der Waals surface area contributed by atoms with Gasteiger partial charge in [-0.05, 0) is 61.4 Å². The molecule has 3 heterocycles. The summed E-state index contributed by atoms with van der Waals surface area (Å²) in [4.78, 5) is 22.3. The van der Waals surface area contributed by atoms with Crippen molar-refractivity contribution in [2.75, 3.05) is 52.5 Å². The zero-order valence-corrected chi connectivity index (χ0v) is 20.4. The molecular weight excluding hydrogens is 438 g/mol. The van der Waals surface area contributed by atoms with Crippen LogP contribution in [-0.4, -0.2) is 73.2 Å². The standard InChI is InChI=1S/C29H35N3O3/c33-29(26-8-2-10-27(22-26)35-20-17-31-15-18-34-19-16-31)32-13-4-5-23(11-14-32)21-25-7-1-6-24-9-3-12-30-28(24)25/h1-3,6-10,12,22-23H,4-5,11,13-21H2. The van der Waals surface area contributed by atoms with Gasteiger partial charge >= 0.3 is 0 Å². The highest BCUT2D eigenvalue weighted by molar-refractivity contribution is 5.94. The summed E-state index contributed by atoms with van der Waals surface area (Å²) in [6.07, 6.45) is 6.08. The van der Waals surface area contributed by atoms with Gasteiger partial charge in [-0.3, -0.25) is 14.7 Å². The molecule has 3 aromatic rings. The van der Waals surface area contributed by atoms with Gasteiger partial charge < -0.3 is 14.4 Å². The third-order valence-corrected chi connectivity index (χ3v) is 7.22. The maximum Gasteiger partial charge on any atom is 0.253 e. The highest BCUT2D eigenvalue weighted by atomic mass is 16.5. The van der Waals surface area contributed by atoms with Crippen LogP contribution >= 0.6 is 0 Å². The van der Waals surface area contributed by atoms with Crippen molar-refractivity contribution in [3.8, 4) is 5.75 Å². The van der Waals surface area contributed by atoms with Gasteiger partial charge in [0.05, 0.1) is 18.7 Å². The molecule has 1 atom stereocenters. The Hall–Kier alpha value is -2.96. The van der Waals surface area contributed by atoms with E-state index in [0.29, 0.717) is 18.1 Å². The van der Waals surface area contributed by atoms with Gasteiger partial charge in [-0.1, -0.05) is 30.3 Å². The lowest BCUT2D eigenvalue weighted by atomic mass is 9.91. The van der Waals surface area contributed by atoms with E-state index < -0.39 is 0 Å². The van der Waals surface area contributed by atoms with Gasteiger partial charge in [0, 0.05) is 49.9 Å². The number of likely N-dealkylation sites (tertiary alicyclic amines) is 1. The molecular formula is C29H35N3O3. The molecule has 0 spiro atoms. The van der Waals surface area contributed by atoms with Gasteiger partial charge in [0.2, 0.25) is 0 Å². The van der Waals surface area contributed by atoms with E-state index in [4.69, 9.17) is 9.47 Å². The molecule has 0 radical (unpaired) electrons. The highest BCUT2D eigenvalue weighted by Crippen LogP contribution is 2.26. The normalized spacial score (nSPS) is 19.4. The Kier molecular flexibility index (Phi) is 7.91. The number of para-hydroxylation sites is 1. The molecule has 5 rings (SSSR count). The number of nitrogens with zero attached hydrogens (tertiary/aromatic N) is 3. The second kappa shape index (κ2) is 11.6. The van der Waals surface area contributed by atoms with Crippen LogP contribution in [0.3, 0.4) is 0 Å². The first-order valence-electron chi connectivity index (χ1n) is 12.9. The van der Waals surface area contributed by atoms with E-state index in [1.807, 2.05) is 41.4 Å². The van der Waals surface area contributed by atoms with Gasteiger partial charge in [-0.15, -0.1) is 0 Å². The number of hydrogen-bond acceptors (Lipinski definition) is 5. The maximum absolute atomic E-state index is 13.3. The van der Waals surface area contributed by atoms with Crippen LogP contribution in [0.15, 0.2) is 60.8 Å². The number of amides is 1. The van der Waals surface area contributed by atoms with E-state index in [2.05, 4.69) is 34.1 Å². The van der Waals surface area contributed by atoms with E-state index in [9.17, 15) is 4.79 Å². The predicted molar refractivity (Wildman–Crippen MR) is 138 cm³/mol. The lowest BCUT2D eigenvalue weighted by molar-refractivity contribution is 0.0322. The fourth-order valence-electron chi connectivity index (χ4n) is 5.23. The lowest BCUT2D eigenvalue weighted by Gasteiger charge is -2.26. The first-order valence-corrected chi connectivity index (χ1v) is 12.9. The summed E-state index contributed by atoms with van der Waals surface area (Å²) in [7, 11) is 0. The topological polar surface area (TPSA) is 54.9 Å².